The number of nitrogens with zero attached hydrogens (tertiary/aromatic N) is 4. The van der Waals surface area contributed by atoms with Crippen LogP contribution in [0.3, 0.4) is 0 Å². The second kappa shape index (κ2) is 42.9. The largest absolute Gasteiger partial charge is 0.352 e. The van der Waals surface area contributed by atoms with Crippen molar-refractivity contribution in [2.24, 2.45) is 0 Å². The molecule has 0 saturated heterocycles. The maximum absolute atomic E-state index is 12.6. The van der Waals surface area contributed by atoms with Gasteiger partial charge in [0, 0.05) is 111 Å². The first-order valence-electron chi connectivity index (χ1n) is 39.2. The Bertz CT molecular complexity index is 6120. The van der Waals surface area contributed by atoms with Crippen LogP contribution in [0.5, 0.6) is 0 Å². The third-order valence-electron chi connectivity index (χ3n) is 19.4. The second-order valence-corrected chi connectivity index (χ2v) is 29.3. The minimum Gasteiger partial charge on any atom is -0.352 e. The number of H-pyrrole nitrogens is 5. The van der Waals surface area contributed by atoms with Gasteiger partial charge in [-0.3, -0.25) is 67.9 Å². The molecule has 0 atom stereocenters. The average molecular weight is 1610 g/mol. The minimum atomic E-state index is -0.439. The molecule has 9 aromatic heterocycles. The Morgan fingerprint density at radius 1 is 0.314 bits per heavy atom. The summed E-state index contributed by atoms with van der Waals surface area (Å²) in [6, 6.07) is 77.1. The number of Topliss-reactive ketones (excluding diaryl/α,β-unsaturated/α-hetero) is 2. The van der Waals surface area contributed by atoms with Crippen molar-refractivity contribution in [3.63, 3.8) is 0 Å². The Morgan fingerprint density at radius 2 is 0.587 bits per heavy atom. The lowest BCUT2D eigenvalue weighted by Crippen LogP contribution is -2.31. The van der Waals surface area contributed by atoms with Crippen LogP contribution < -0.4 is 43.7 Å². The third-order valence-corrected chi connectivity index (χ3v) is 19.4. The quantitative estimate of drug-likeness (QED) is 0.0293. The number of pyridine rings is 9. The number of benzene rings is 6. The molecule has 0 fully saturated rings. The number of hydrogen-bond donors (Lipinski definition) is 8. The summed E-state index contributed by atoms with van der Waals surface area (Å²) in [5.41, 5.74) is 14.2. The van der Waals surface area contributed by atoms with E-state index in [0.717, 1.165) is 72.3 Å². The molecule has 0 radical (unpaired) electrons. The summed E-state index contributed by atoms with van der Waals surface area (Å²) in [5.74, 6) is -1.10. The number of anilines is 2. The molecule has 606 valence electrons. The van der Waals surface area contributed by atoms with E-state index in [2.05, 4.69) is 95.4 Å². The van der Waals surface area contributed by atoms with Gasteiger partial charge in [-0.2, -0.15) is 0 Å². The van der Waals surface area contributed by atoms with E-state index >= 15 is 0 Å². The minimum absolute atomic E-state index is 0.0402. The van der Waals surface area contributed by atoms with Gasteiger partial charge in [-0.15, -0.1) is 0 Å². The number of rotatable bonds is 22. The van der Waals surface area contributed by atoms with Crippen molar-refractivity contribution in [1.29, 1.82) is 0 Å². The zero-order valence-corrected chi connectivity index (χ0v) is 67.4. The normalized spacial score (nSPS) is 10.6. The first-order chi connectivity index (χ1) is 58.6. The van der Waals surface area contributed by atoms with Gasteiger partial charge < -0.3 is 40.9 Å². The fourth-order valence-electron chi connectivity index (χ4n) is 12.5. The molecule has 15 aromatic rings. The highest BCUT2D eigenvalue weighted by Gasteiger charge is 2.20. The monoisotopic (exact) mass is 1610 g/mol. The molecule has 3 amide bonds. The van der Waals surface area contributed by atoms with E-state index in [-0.39, 0.29) is 61.8 Å². The Hall–Kier alpha value is -15.6. The molecule has 0 aliphatic carbocycles. The van der Waals surface area contributed by atoms with Crippen molar-refractivity contribution >= 4 is 40.7 Å². The van der Waals surface area contributed by atoms with E-state index in [9.17, 15) is 47.9 Å². The summed E-state index contributed by atoms with van der Waals surface area (Å²) >= 11 is 0. The number of carbonyl (C=O) groups is 5. The molecular weight excluding hydrogens is 1520 g/mol. The summed E-state index contributed by atoms with van der Waals surface area (Å²) < 4.78 is 0. The standard InChI is InChI=1S/C21H21N3O2.C20H19N3O2.C20H17NO2.C19H17N3O2.C19H16N2O2/c1-21(2,3)16-4-6-17(7-5-16)24-20(26)18-12-15(13-23-19(18)25)14-8-10-22-11-9-14;1-13(2)14-3-5-17(6-4-14)23-20(25)18-11-16(12-22-19(18)24)15-7-9-21-10-8-15;22-19(12-11-15-7-3-1-4-8-15)18-13-17(14-21-20(18)23)16-9-5-2-6-10-16;23-18(21-11-6-14-4-2-1-3-5-14)17-12-16(13-22-19(17)24)15-7-9-20-10-8-15;22-18(7-6-14-4-2-1-3-5-14)17-12-16(13-21-19(17)23)15-8-10-20-11-9-15/h4-13H,1-3H3,(H,23,25)(H,24,26);3-13H,1-2H3,(H,22,24)(H,23,25);1-10,13-14H,11-12H2,(H,21,23);1-5,7-10,12-13H,6,11H2,(H,21,23)(H,22,24);1-5,8-13H,6-7H2,(H,21,23). The van der Waals surface area contributed by atoms with Gasteiger partial charge in [-0.1, -0.05) is 180 Å². The molecular formula is C99H90N12O10. The smallest absolute Gasteiger partial charge is 0.261 e. The molecule has 0 saturated carbocycles. The van der Waals surface area contributed by atoms with Crippen LogP contribution in [0.25, 0.3) is 55.6 Å². The summed E-state index contributed by atoms with van der Waals surface area (Å²) in [6.45, 7) is 11.1. The van der Waals surface area contributed by atoms with Gasteiger partial charge in [-0.25, -0.2) is 0 Å². The Morgan fingerprint density at radius 3 is 0.901 bits per heavy atom. The van der Waals surface area contributed by atoms with Crippen LogP contribution in [0.4, 0.5) is 11.4 Å². The number of carbonyl (C=O) groups excluding carboxylic acids is 5. The van der Waals surface area contributed by atoms with E-state index < -0.39 is 28.5 Å². The molecule has 8 N–H and O–H groups in total. The van der Waals surface area contributed by atoms with Crippen molar-refractivity contribution in [2.75, 3.05) is 17.2 Å². The van der Waals surface area contributed by atoms with E-state index in [4.69, 9.17) is 0 Å². The van der Waals surface area contributed by atoms with Crippen LogP contribution >= 0.6 is 0 Å². The molecule has 22 nitrogen and oxygen atoms in total. The van der Waals surface area contributed by atoms with Crippen molar-refractivity contribution in [3.8, 4) is 55.6 Å². The predicted octanol–water partition coefficient (Wildman–Crippen LogP) is 17.3. The molecule has 22 heteroatoms. The lowest BCUT2D eigenvalue weighted by Gasteiger charge is -2.19. The first-order valence-corrected chi connectivity index (χ1v) is 39.2. The van der Waals surface area contributed by atoms with Gasteiger partial charge in [-0.05, 0) is 217 Å². The molecule has 0 spiro atoms. The van der Waals surface area contributed by atoms with Crippen molar-refractivity contribution in [1.82, 2.24) is 50.2 Å². The van der Waals surface area contributed by atoms with Gasteiger partial charge in [0.2, 0.25) is 0 Å². The Kier molecular flexibility index (Phi) is 30.6. The number of hydrogen-bond acceptors (Lipinski definition) is 14. The van der Waals surface area contributed by atoms with Crippen LogP contribution in [-0.2, 0) is 24.7 Å². The highest BCUT2D eigenvalue weighted by atomic mass is 16.2. The maximum atomic E-state index is 12.6. The van der Waals surface area contributed by atoms with Gasteiger partial charge in [0.1, 0.15) is 16.7 Å². The second-order valence-electron chi connectivity index (χ2n) is 29.3. The number of aromatic amines is 5. The fraction of sp³-hybridized carbons (Fsp3) is 0.131. The van der Waals surface area contributed by atoms with Crippen molar-refractivity contribution in [2.45, 2.75) is 78.1 Å². The SMILES string of the molecule is CC(C)(C)c1ccc(NC(=O)c2cc(-c3ccncc3)c[nH]c2=O)cc1.CC(C)c1ccc(NC(=O)c2cc(-c3ccncc3)c[nH]c2=O)cc1.O=C(CCc1ccccc1)c1cc(-c2ccccc2)c[nH]c1=O.O=C(CCc1ccccc1)c1cc(-c2ccncc2)c[nH]c1=O.O=C(NCCc1ccccc1)c1cc(-c2ccncc2)c[nH]c1=O. The molecule has 0 aliphatic heterocycles. The van der Waals surface area contributed by atoms with Gasteiger partial charge in [0.05, 0.1) is 11.1 Å². The van der Waals surface area contributed by atoms with Crippen LogP contribution in [0, 0.1) is 0 Å². The van der Waals surface area contributed by atoms with E-state index in [1.54, 1.807) is 111 Å². The Labute approximate surface area is 698 Å². The summed E-state index contributed by atoms with van der Waals surface area (Å²) in [7, 11) is 0. The first kappa shape index (κ1) is 86.3. The molecule has 121 heavy (non-hydrogen) atoms. The lowest BCUT2D eigenvalue weighted by molar-refractivity contribution is 0.0948. The number of aromatic nitrogens is 9. The Balaban J connectivity index is 0.000000148. The lowest BCUT2D eigenvalue weighted by atomic mass is 9.87. The zero-order valence-electron chi connectivity index (χ0n) is 67.4. The van der Waals surface area contributed by atoms with E-state index in [0.29, 0.717) is 55.9 Å². The zero-order chi connectivity index (χ0) is 85.5. The molecule has 0 aliphatic rings. The average Bonchev–Trinajstić information content (AvgIpc) is 0.820. The third kappa shape index (κ3) is 25.5. The molecule has 0 bridgehead atoms. The van der Waals surface area contributed by atoms with E-state index in [1.165, 1.54) is 11.1 Å². The number of ketones is 2. The van der Waals surface area contributed by atoms with Crippen LogP contribution in [-0.4, -0.2) is 80.7 Å². The highest BCUT2D eigenvalue weighted by molar-refractivity contribution is 6.05. The van der Waals surface area contributed by atoms with Crippen LogP contribution in [0.2, 0.25) is 0 Å². The van der Waals surface area contributed by atoms with Gasteiger partial charge >= 0.3 is 0 Å². The fourth-order valence-corrected chi connectivity index (χ4v) is 12.5. The number of aryl methyl sites for hydroxylation is 2. The maximum Gasteiger partial charge on any atom is 0.261 e. The summed E-state index contributed by atoms with van der Waals surface area (Å²) in [4.78, 5) is 151. The van der Waals surface area contributed by atoms with Gasteiger partial charge in [0.15, 0.2) is 11.6 Å². The van der Waals surface area contributed by atoms with Crippen LogP contribution in [0.1, 0.15) is 133 Å². The van der Waals surface area contributed by atoms with Crippen LogP contribution in [0.15, 0.2) is 353 Å². The molecule has 6 aromatic carbocycles. The van der Waals surface area contributed by atoms with Gasteiger partial charge in [0.25, 0.3) is 45.5 Å². The van der Waals surface area contributed by atoms with E-state index in [1.807, 2.05) is 218 Å². The molecule has 9 heterocycles. The summed E-state index contributed by atoms with van der Waals surface area (Å²) in [5, 5.41) is 8.35. The highest BCUT2D eigenvalue weighted by Crippen LogP contribution is 2.27. The number of amides is 3. The summed E-state index contributed by atoms with van der Waals surface area (Å²) in [6.07, 6.45) is 24.0. The number of nitrogens with one attached hydrogen (secondary N) is 8. The van der Waals surface area contributed by atoms with Crippen molar-refractivity contribution in [3.05, 3.63) is 437 Å². The predicted molar refractivity (Wildman–Crippen MR) is 476 cm³/mol. The molecule has 15 rings (SSSR count). The molecule has 0 unspecified atom stereocenters. The van der Waals surface area contributed by atoms with Crippen molar-refractivity contribution < 1.29 is 24.0 Å². The topological polar surface area (TPSA) is 337 Å².